The van der Waals surface area contributed by atoms with Crippen molar-refractivity contribution in [2.45, 2.75) is 26.3 Å². The lowest BCUT2D eigenvalue weighted by Gasteiger charge is -2.21. The number of fused-ring (bicyclic) bond motifs is 1. The fourth-order valence-corrected chi connectivity index (χ4v) is 2.62. The number of amidine groups is 1. The van der Waals surface area contributed by atoms with E-state index in [1.807, 2.05) is 13.8 Å². The zero-order chi connectivity index (χ0) is 18.2. The minimum absolute atomic E-state index is 0.0217. The van der Waals surface area contributed by atoms with E-state index in [1.165, 1.54) is 0 Å². The molecule has 1 amide bonds. The molecule has 1 aromatic rings. The van der Waals surface area contributed by atoms with Gasteiger partial charge >= 0.3 is 5.97 Å². The van der Waals surface area contributed by atoms with Crippen molar-refractivity contribution in [1.82, 2.24) is 5.32 Å². The van der Waals surface area contributed by atoms with Crippen LogP contribution in [0.25, 0.3) is 0 Å². The molecule has 0 spiro atoms. The monoisotopic (exact) mass is 342 g/mol. The van der Waals surface area contributed by atoms with Crippen LogP contribution in [-0.4, -0.2) is 36.7 Å². The average Bonchev–Trinajstić information content (AvgIpc) is 3.17. The van der Waals surface area contributed by atoms with Crippen molar-refractivity contribution in [2.24, 2.45) is 10.9 Å². The van der Waals surface area contributed by atoms with Crippen molar-refractivity contribution in [3.05, 3.63) is 23.3 Å². The number of hydrogen-bond acceptors (Lipinski definition) is 6. The maximum Gasteiger partial charge on any atom is 0.339 e. The normalized spacial score (nSPS) is 20.9. The highest BCUT2D eigenvalue weighted by atomic mass is 16.7. The van der Waals surface area contributed by atoms with Gasteiger partial charge in [-0.1, -0.05) is 19.8 Å². The van der Waals surface area contributed by atoms with Gasteiger partial charge in [-0.2, -0.15) is 0 Å². The Morgan fingerprint density at radius 1 is 1.48 bits per heavy atom. The molecule has 25 heavy (non-hydrogen) atoms. The zero-order valence-electron chi connectivity index (χ0n) is 14.2. The fraction of sp³-hybridized carbons (Fsp3) is 0.389. The van der Waals surface area contributed by atoms with Crippen LogP contribution in [0.4, 0.5) is 0 Å². The van der Waals surface area contributed by atoms with Gasteiger partial charge < -0.3 is 19.5 Å². The van der Waals surface area contributed by atoms with Gasteiger partial charge in [-0.05, 0) is 25.0 Å². The summed E-state index contributed by atoms with van der Waals surface area (Å²) in [6.45, 7) is 5.42. The van der Waals surface area contributed by atoms with Gasteiger partial charge in [-0.25, -0.2) is 4.79 Å². The molecule has 0 aliphatic carbocycles. The summed E-state index contributed by atoms with van der Waals surface area (Å²) in [6, 6.07) is 3.15. The molecule has 0 saturated heterocycles. The number of rotatable bonds is 4. The molecule has 0 saturated carbocycles. The summed E-state index contributed by atoms with van der Waals surface area (Å²) < 4.78 is 15.9. The van der Waals surface area contributed by atoms with E-state index in [-0.39, 0.29) is 36.6 Å². The Morgan fingerprint density at radius 2 is 2.24 bits per heavy atom. The molecular weight excluding hydrogens is 324 g/mol. The Bertz CT molecular complexity index is 821. The maximum atomic E-state index is 12.4. The van der Waals surface area contributed by atoms with Crippen molar-refractivity contribution in [1.29, 1.82) is 0 Å². The first kappa shape index (κ1) is 16.8. The van der Waals surface area contributed by atoms with Crippen LogP contribution in [0.2, 0.25) is 0 Å². The van der Waals surface area contributed by atoms with Gasteiger partial charge in [-0.15, -0.1) is 6.42 Å². The zero-order valence-corrected chi connectivity index (χ0v) is 14.2. The Kier molecular flexibility index (Phi) is 4.13. The molecule has 0 radical (unpaired) electrons. The molecule has 0 aromatic heterocycles. The van der Waals surface area contributed by atoms with Crippen LogP contribution in [-0.2, 0) is 9.53 Å². The first-order valence-corrected chi connectivity index (χ1v) is 7.83. The van der Waals surface area contributed by atoms with Gasteiger partial charge in [0.1, 0.15) is 11.4 Å². The Balaban J connectivity index is 2.12. The molecule has 1 aromatic carbocycles. The minimum Gasteiger partial charge on any atom is -0.454 e. The second-order valence-electron chi connectivity index (χ2n) is 6.22. The van der Waals surface area contributed by atoms with Gasteiger partial charge in [0.2, 0.25) is 6.79 Å². The lowest BCUT2D eigenvalue weighted by atomic mass is 9.89. The Hall–Kier alpha value is -3.01. The van der Waals surface area contributed by atoms with Crippen LogP contribution in [0.15, 0.2) is 17.1 Å². The van der Waals surface area contributed by atoms with E-state index in [0.29, 0.717) is 17.1 Å². The molecule has 0 bridgehead atoms. The van der Waals surface area contributed by atoms with Gasteiger partial charge in [-0.3, -0.25) is 9.79 Å². The molecule has 0 fully saturated rings. The van der Waals surface area contributed by atoms with Gasteiger partial charge in [0.15, 0.2) is 18.1 Å². The molecule has 1 unspecified atom stereocenters. The number of terminal acetylenes is 1. The first-order valence-electron chi connectivity index (χ1n) is 7.83. The van der Waals surface area contributed by atoms with Crippen LogP contribution in [0.1, 0.15) is 36.7 Å². The van der Waals surface area contributed by atoms with E-state index in [1.54, 1.807) is 19.1 Å². The van der Waals surface area contributed by atoms with E-state index in [9.17, 15) is 9.59 Å². The van der Waals surface area contributed by atoms with E-state index in [2.05, 4.69) is 16.2 Å². The molecule has 2 aliphatic rings. The third-order valence-electron chi connectivity index (χ3n) is 4.44. The highest BCUT2D eigenvalue weighted by molar-refractivity contribution is 6.20. The summed E-state index contributed by atoms with van der Waals surface area (Å²) in [5, 5.41) is 2.75. The molecule has 3 rings (SSSR count). The Morgan fingerprint density at radius 3 is 2.88 bits per heavy atom. The summed E-state index contributed by atoms with van der Waals surface area (Å²) >= 11 is 0. The van der Waals surface area contributed by atoms with E-state index < -0.39 is 11.5 Å². The smallest absolute Gasteiger partial charge is 0.339 e. The number of hydrogen-bond donors (Lipinski definition) is 1. The number of esters is 1. The number of benzene rings is 1. The minimum atomic E-state index is -0.933. The summed E-state index contributed by atoms with van der Waals surface area (Å²) in [5.74, 6) is 2.43. The number of ether oxygens (including phenoxy) is 3. The second kappa shape index (κ2) is 6.13. The first-order chi connectivity index (χ1) is 11.9. The van der Waals surface area contributed by atoms with Crippen molar-refractivity contribution in [3.63, 3.8) is 0 Å². The van der Waals surface area contributed by atoms with Crippen LogP contribution >= 0.6 is 0 Å². The molecule has 1 N–H and O–H groups in total. The van der Waals surface area contributed by atoms with Gasteiger partial charge in [0.25, 0.3) is 5.91 Å². The number of nitrogens with zero attached hydrogens (tertiary/aromatic N) is 1. The molecule has 7 heteroatoms. The van der Waals surface area contributed by atoms with E-state index in [0.717, 1.165) is 0 Å². The number of amides is 1. The van der Waals surface area contributed by atoms with Gasteiger partial charge in [0, 0.05) is 0 Å². The van der Waals surface area contributed by atoms with Crippen LogP contribution in [0.5, 0.6) is 11.5 Å². The standard InChI is InChI=1S/C18H18N2O5/c1-5-8-23-16(21)11-6-7-12-14(25-9-24-12)13(11)15-19-17(22)18(4,20-15)10(2)3/h1,6-7,10H,8-9H2,2-4H3,(H,19,20,22). The number of carbonyl (C=O) groups excluding carboxylic acids is 2. The SMILES string of the molecule is C#CCOC(=O)c1ccc2c(c1C1=NC(C)(C(C)C)C(=O)N1)OCO2. The lowest BCUT2D eigenvalue weighted by Crippen LogP contribution is -2.41. The van der Waals surface area contributed by atoms with E-state index in [4.69, 9.17) is 20.6 Å². The van der Waals surface area contributed by atoms with Crippen molar-refractivity contribution >= 4 is 17.7 Å². The highest BCUT2D eigenvalue weighted by Crippen LogP contribution is 2.39. The molecule has 2 aliphatic heterocycles. The number of aliphatic imine (C=N–C) groups is 1. The average molecular weight is 342 g/mol. The topological polar surface area (TPSA) is 86.2 Å². The second-order valence-corrected chi connectivity index (χ2v) is 6.22. The lowest BCUT2D eigenvalue weighted by molar-refractivity contribution is -0.124. The largest absolute Gasteiger partial charge is 0.454 e. The van der Waals surface area contributed by atoms with Crippen LogP contribution in [0, 0.1) is 18.3 Å². The highest BCUT2D eigenvalue weighted by Gasteiger charge is 2.44. The van der Waals surface area contributed by atoms with E-state index >= 15 is 0 Å². The molecule has 7 nitrogen and oxygen atoms in total. The number of carbonyl (C=O) groups is 2. The maximum absolute atomic E-state index is 12.4. The van der Waals surface area contributed by atoms with Crippen LogP contribution in [0.3, 0.4) is 0 Å². The summed E-state index contributed by atoms with van der Waals surface area (Å²) in [5.41, 5.74) is -0.390. The summed E-state index contributed by atoms with van der Waals surface area (Å²) in [7, 11) is 0. The summed E-state index contributed by atoms with van der Waals surface area (Å²) in [4.78, 5) is 29.4. The number of nitrogens with one attached hydrogen (secondary N) is 1. The third kappa shape index (κ3) is 2.70. The molecule has 2 heterocycles. The van der Waals surface area contributed by atoms with Crippen molar-refractivity contribution < 1.29 is 23.8 Å². The fourth-order valence-electron chi connectivity index (χ4n) is 2.62. The predicted molar refractivity (Wildman–Crippen MR) is 89.6 cm³/mol. The quantitative estimate of drug-likeness (QED) is 0.662. The van der Waals surface area contributed by atoms with Crippen molar-refractivity contribution in [2.75, 3.05) is 13.4 Å². The predicted octanol–water partition coefficient (Wildman–Crippen LogP) is 1.50. The van der Waals surface area contributed by atoms with Crippen molar-refractivity contribution in [3.8, 4) is 23.8 Å². The molecule has 130 valence electrons. The molecular formula is C18H18N2O5. The van der Waals surface area contributed by atoms with Crippen LogP contribution < -0.4 is 14.8 Å². The third-order valence-corrected chi connectivity index (χ3v) is 4.44. The summed E-state index contributed by atoms with van der Waals surface area (Å²) in [6.07, 6.45) is 5.14. The van der Waals surface area contributed by atoms with Gasteiger partial charge in [0.05, 0.1) is 11.1 Å². The Labute approximate surface area is 145 Å². The molecule has 1 atom stereocenters.